The summed E-state index contributed by atoms with van der Waals surface area (Å²) in [6, 6.07) is 8.69. The fourth-order valence-electron chi connectivity index (χ4n) is 1.88. The largest absolute Gasteiger partial charge is 0.618 e. The molecule has 1 heterocycles. The van der Waals surface area contributed by atoms with Crippen molar-refractivity contribution in [3.05, 3.63) is 41.7 Å². The minimum absolute atomic E-state index is 0.502. The minimum atomic E-state index is 0.502. The first-order valence-corrected chi connectivity index (χ1v) is 5.69. The molecular weight excluding hydrogens is 246 g/mol. The third-order valence-corrected chi connectivity index (χ3v) is 2.78. The normalized spacial score (nSPS) is 10.1. The van der Waals surface area contributed by atoms with Crippen molar-refractivity contribution in [3.8, 4) is 28.5 Å². The number of pyridine rings is 1. The molecule has 0 radical (unpaired) electrons. The Labute approximate surface area is 111 Å². The van der Waals surface area contributed by atoms with Crippen LogP contribution in [0.15, 0.2) is 36.5 Å². The lowest BCUT2D eigenvalue weighted by Crippen LogP contribution is -2.27. The number of hydrogen-bond donors (Lipinski definition) is 0. The topological polar surface area (TPSA) is 54.6 Å². The molecule has 0 bridgehead atoms. The van der Waals surface area contributed by atoms with Gasteiger partial charge in [-0.1, -0.05) is 0 Å². The number of nitrogens with zero attached hydrogens (tertiary/aromatic N) is 1. The number of ether oxygens (including phenoxy) is 3. The van der Waals surface area contributed by atoms with Gasteiger partial charge in [-0.15, -0.1) is 0 Å². The van der Waals surface area contributed by atoms with Crippen molar-refractivity contribution in [2.24, 2.45) is 0 Å². The molecule has 5 nitrogen and oxygen atoms in total. The van der Waals surface area contributed by atoms with Crippen LogP contribution in [0.25, 0.3) is 11.3 Å². The predicted molar refractivity (Wildman–Crippen MR) is 70.5 cm³/mol. The van der Waals surface area contributed by atoms with Gasteiger partial charge in [-0.3, -0.25) is 0 Å². The number of methoxy groups -OCH3 is 3. The zero-order valence-electron chi connectivity index (χ0n) is 11.0. The Morgan fingerprint density at radius 2 is 1.58 bits per heavy atom. The molecule has 1 aromatic carbocycles. The highest BCUT2D eigenvalue weighted by atomic mass is 16.5. The Balaban J connectivity index is 2.63. The van der Waals surface area contributed by atoms with Crippen LogP contribution in [0.3, 0.4) is 0 Å². The van der Waals surface area contributed by atoms with Gasteiger partial charge < -0.3 is 19.4 Å². The second-order valence-corrected chi connectivity index (χ2v) is 3.83. The van der Waals surface area contributed by atoms with E-state index in [9.17, 15) is 5.21 Å². The van der Waals surface area contributed by atoms with Gasteiger partial charge >= 0.3 is 0 Å². The molecule has 0 aliphatic heterocycles. The van der Waals surface area contributed by atoms with Gasteiger partial charge in [-0.05, 0) is 18.2 Å². The van der Waals surface area contributed by atoms with Gasteiger partial charge in [0.15, 0.2) is 17.7 Å². The van der Waals surface area contributed by atoms with E-state index < -0.39 is 0 Å². The van der Waals surface area contributed by atoms with Crippen LogP contribution in [0.5, 0.6) is 17.2 Å². The summed E-state index contributed by atoms with van der Waals surface area (Å²) in [6.07, 6.45) is 1.44. The van der Waals surface area contributed by atoms with E-state index >= 15 is 0 Å². The fourth-order valence-corrected chi connectivity index (χ4v) is 1.88. The maximum Gasteiger partial charge on any atom is 0.224 e. The lowest BCUT2D eigenvalue weighted by molar-refractivity contribution is -0.593. The molecule has 0 N–H and O–H groups in total. The third kappa shape index (κ3) is 2.40. The van der Waals surface area contributed by atoms with Crippen molar-refractivity contribution in [2.75, 3.05) is 21.3 Å². The smallest absolute Gasteiger partial charge is 0.224 e. The summed E-state index contributed by atoms with van der Waals surface area (Å²) in [5.41, 5.74) is 1.21. The highest BCUT2D eigenvalue weighted by Gasteiger charge is 2.17. The summed E-state index contributed by atoms with van der Waals surface area (Å²) in [5, 5.41) is 11.8. The van der Waals surface area contributed by atoms with Gasteiger partial charge in [0.25, 0.3) is 0 Å². The fraction of sp³-hybridized carbons (Fsp3) is 0.214. The zero-order valence-corrected chi connectivity index (χ0v) is 11.0. The van der Waals surface area contributed by atoms with E-state index in [1.54, 1.807) is 30.3 Å². The maximum absolute atomic E-state index is 11.8. The molecule has 0 aliphatic rings. The molecule has 0 spiro atoms. The Morgan fingerprint density at radius 1 is 0.947 bits per heavy atom. The molecule has 0 unspecified atom stereocenters. The van der Waals surface area contributed by atoms with E-state index in [-0.39, 0.29) is 0 Å². The van der Waals surface area contributed by atoms with Crippen molar-refractivity contribution in [1.29, 1.82) is 0 Å². The summed E-state index contributed by atoms with van der Waals surface area (Å²) in [4.78, 5) is 0. The lowest BCUT2D eigenvalue weighted by Gasteiger charge is -2.13. The van der Waals surface area contributed by atoms with Gasteiger partial charge in [0.05, 0.1) is 26.9 Å². The molecular formula is C14H15NO4. The number of hydrogen-bond acceptors (Lipinski definition) is 4. The molecule has 0 fully saturated rings. The Bertz CT molecular complexity index is 558. The first-order valence-electron chi connectivity index (χ1n) is 5.69. The average molecular weight is 261 g/mol. The highest BCUT2D eigenvalue weighted by Crippen LogP contribution is 2.40. The van der Waals surface area contributed by atoms with E-state index in [1.807, 2.05) is 0 Å². The van der Waals surface area contributed by atoms with E-state index in [4.69, 9.17) is 14.2 Å². The zero-order chi connectivity index (χ0) is 13.8. The van der Waals surface area contributed by atoms with Crippen molar-refractivity contribution >= 4 is 0 Å². The van der Waals surface area contributed by atoms with E-state index in [0.29, 0.717) is 28.5 Å². The van der Waals surface area contributed by atoms with E-state index in [0.717, 1.165) is 4.73 Å². The highest BCUT2D eigenvalue weighted by molar-refractivity contribution is 5.67. The van der Waals surface area contributed by atoms with E-state index in [2.05, 4.69) is 0 Å². The van der Waals surface area contributed by atoms with Crippen LogP contribution in [0, 0.1) is 5.21 Å². The van der Waals surface area contributed by atoms with Crippen molar-refractivity contribution in [2.45, 2.75) is 0 Å². The summed E-state index contributed by atoms with van der Waals surface area (Å²) < 4.78 is 16.6. The molecule has 0 saturated heterocycles. The van der Waals surface area contributed by atoms with Gasteiger partial charge in [0, 0.05) is 12.1 Å². The summed E-state index contributed by atoms with van der Waals surface area (Å²) in [5.74, 6) is 1.53. The first kappa shape index (κ1) is 13.0. The lowest BCUT2D eigenvalue weighted by atomic mass is 10.1. The van der Waals surface area contributed by atoms with Crippen LogP contribution in [0.1, 0.15) is 0 Å². The van der Waals surface area contributed by atoms with Crippen molar-refractivity contribution in [1.82, 2.24) is 0 Å². The van der Waals surface area contributed by atoms with Gasteiger partial charge in [0.2, 0.25) is 11.4 Å². The minimum Gasteiger partial charge on any atom is -0.618 e. The van der Waals surface area contributed by atoms with Crippen LogP contribution in [-0.2, 0) is 0 Å². The average Bonchev–Trinajstić information content (AvgIpc) is 2.46. The third-order valence-electron chi connectivity index (χ3n) is 2.78. The molecule has 0 aliphatic carbocycles. The number of aromatic nitrogens is 1. The van der Waals surface area contributed by atoms with Crippen LogP contribution in [0.2, 0.25) is 0 Å². The van der Waals surface area contributed by atoms with Gasteiger partial charge in [0.1, 0.15) is 0 Å². The molecule has 1 aromatic heterocycles. The van der Waals surface area contributed by atoms with Crippen LogP contribution in [0.4, 0.5) is 0 Å². The molecule has 19 heavy (non-hydrogen) atoms. The first-order chi connectivity index (χ1) is 9.21. The molecule has 100 valence electrons. The summed E-state index contributed by atoms with van der Waals surface area (Å²) in [7, 11) is 4.62. The molecule has 2 rings (SSSR count). The Morgan fingerprint density at radius 3 is 2.05 bits per heavy atom. The maximum atomic E-state index is 11.8. The van der Waals surface area contributed by atoms with Crippen LogP contribution < -0.4 is 18.9 Å². The molecule has 2 aromatic rings. The monoisotopic (exact) mass is 261 g/mol. The van der Waals surface area contributed by atoms with Gasteiger partial charge in [-0.25, -0.2) is 0 Å². The predicted octanol–water partition coefficient (Wildman–Crippen LogP) is 2.01. The van der Waals surface area contributed by atoms with E-state index in [1.165, 1.54) is 27.5 Å². The quantitative estimate of drug-likeness (QED) is 0.624. The summed E-state index contributed by atoms with van der Waals surface area (Å²) >= 11 is 0. The molecule has 0 amide bonds. The summed E-state index contributed by atoms with van der Waals surface area (Å²) in [6.45, 7) is 0. The Hall–Kier alpha value is -2.43. The van der Waals surface area contributed by atoms with Crippen molar-refractivity contribution < 1.29 is 18.9 Å². The Kier molecular flexibility index (Phi) is 3.75. The number of benzene rings is 1. The number of rotatable bonds is 4. The second-order valence-electron chi connectivity index (χ2n) is 3.83. The molecule has 0 atom stereocenters. The SMILES string of the molecule is COc1cc(-c2cccc[n+]2[O-])cc(OC)c1OC. The van der Waals surface area contributed by atoms with Gasteiger partial charge in [-0.2, -0.15) is 4.73 Å². The van der Waals surface area contributed by atoms with Crippen molar-refractivity contribution in [3.63, 3.8) is 0 Å². The molecule has 0 saturated carbocycles. The van der Waals surface area contributed by atoms with Crippen LogP contribution >= 0.6 is 0 Å². The molecule has 5 heteroatoms. The van der Waals surface area contributed by atoms with Crippen LogP contribution in [-0.4, -0.2) is 21.3 Å². The standard InChI is InChI=1S/C14H15NO4/c1-17-12-8-10(9-13(18-2)14(12)19-3)11-6-4-5-7-15(11)16/h4-9H,1-3H3. The second kappa shape index (κ2) is 5.48.